The predicted octanol–water partition coefficient (Wildman–Crippen LogP) is 5.21. The Hall–Kier alpha value is -4.06. The van der Waals surface area contributed by atoms with E-state index < -0.39 is 0 Å². The second-order valence-electron chi connectivity index (χ2n) is 8.28. The van der Waals surface area contributed by atoms with Gasteiger partial charge in [0.2, 0.25) is 0 Å². The van der Waals surface area contributed by atoms with E-state index in [9.17, 15) is 0 Å². The van der Waals surface area contributed by atoms with Crippen molar-refractivity contribution >= 4 is 22.4 Å². The Labute approximate surface area is 185 Å². The summed E-state index contributed by atoms with van der Waals surface area (Å²) < 4.78 is 4.31. The average Bonchev–Trinajstić information content (AvgIpc) is 3.35. The molecular formula is C26H22N6. The van der Waals surface area contributed by atoms with Gasteiger partial charge in [0, 0.05) is 30.7 Å². The second kappa shape index (κ2) is 6.99. The van der Waals surface area contributed by atoms with E-state index in [-0.39, 0.29) is 0 Å². The number of hydrogen-bond donors (Lipinski definition) is 0. The van der Waals surface area contributed by atoms with Crippen molar-refractivity contribution in [1.82, 2.24) is 24.1 Å². The molecule has 1 aliphatic heterocycles. The van der Waals surface area contributed by atoms with Crippen LogP contribution in [0.4, 0.5) is 5.69 Å². The predicted molar refractivity (Wildman–Crippen MR) is 127 cm³/mol. The number of aryl methyl sites for hydroxylation is 3. The third kappa shape index (κ3) is 2.87. The van der Waals surface area contributed by atoms with Crippen molar-refractivity contribution in [3.05, 3.63) is 95.6 Å². The van der Waals surface area contributed by atoms with E-state index in [1.54, 1.807) is 12.4 Å². The number of nitrogens with zero attached hydrogens (tertiary/aromatic N) is 6. The van der Waals surface area contributed by atoms with Crippen LogP contribution in [-0.4, -0.2) is 29.8 Å². The van der Waals surface area contributed by atoms with E-state index in [2.05, 4.69) is 74.3 Å². The van der Waals surface area contributed by atoms with Gasteiger partial charge in [0.1, 0.15) is 17.2 Å². The van der Waals surface area contributed by atoms with Gasteiger partial charge in [-0.3, -0.25) is 14.5 Å². The Kier molecular flexibility index (Phi) is 4.08. The summed E-state index contributed by atoms with van der Waals surface area (Å²) >= 11 is 0. The first-order chi connectivity index (χ1) is 15.6. The Morgan fingerprint density at radius 2 is 1.72 bits per heavy atom. The highest BCUT2D eigenvalue weighted by Gasteiger charge is 2.19. The number of benzene rings is 2. The molecule has 156 valence electrons. The van der Waals surface area contributed by atoms with Crippen molar-refractivity contribution in [2.45, 2.75) is 27.2 Å². The van der Waals surface area contributed by atoms with Gasteiger partial charge in [0.15, 0.2) is 0 Å². The van der Waals surface area contributed by atoms with E-state index in [0.29, 0.717) is 6.42 Å². The molecular weight excluding hydrogens is 396 g/mol. The van der Waals surface area contributed by atoms with Gasteiger partial charge < -0.3 is 4.57 Å². The lowest BCUT2D eigenvalue weighted by Gasteiger charge is -2.10. The van der Waals surface area contributed by atoms with E-state index in [0.717, 1.165) is 51.0 Å². The van der Waals surface area contributed by atoms with Gasteiger partial charge in [-0.1, -0.05) is 12.1 Å². The Bertz CT molecular complexity index is 1520. The molecule has 6 nitrogen and oxygen atoms in total. The van der Waals surface area contributed by atoms with E-state index >= 15 is 0 Å². The fourth-order valence-corrected chi connectivity index (χ4v) is 4.44. The molecule has 5 aromatic rings. The molecule has 2 aromatic carbocycles. The quantitative estimate of drug-likeness (QED) is 0.395. The van der Waals surface area contributed by atoms with Gasteiger partial charge in [-0.05, 0) is 67.8 Å². The van der Waals surface area contributed by atoms with Crippen LogP contribution >= 0.6 is 0 Å². The van der Waals surface area contributed by atoms with Crippen LogP contribution in [-0.2, 0) is 6.42 Å². The topological polar surface area (TPSA) is 60.9 Å². The van der Waals surface area contributed by atoms with Crippen LogP contribution in [0.2, 0.25) is 0 Å². The van der Waals surface area contributed by atoms with Crippen LogP contribution in [0.3, 0.4) is 0 Å². The minimum absolute atomic E-state index is 0.678. The van der Waals surface area contributed by atoms with Crippen LogP contribution < -0.4 is 0 Å². The van der Waals surface area contributed by atoms with Gasteiger partial charge in [0.25, 0.3) is 0 Å². The Morgan fingerprint density at radius 3 is 2.56 bits per heavy atom. The van der Waals surface area contributed by atoms with E-state index in [1.165, 1.54) is 11.1 Å². The summed E-state index contributed by atoms with van der Waals surface area (Å²) in [6.45, 7) is 6.29. The molecule has 0 fully saturated rings. The van der Waals surface area contributed by atoms with Crippen molar-refractivity contribution in [3.8, 4) is 11.4 Å². The van der Waals surface area contributed by atoms with Crippen LogP contribution in [0.1, 0.15) is 28.3 Å². The lowest BCUT2D eigenvalue weighted by molar-refractivity contribution is 0.952. The average molecular weight is 419 g/mol. The smallest absolute Gasteiger partial charge is 0.119 e. The zero-order valence-electron chi connectivity index (χ0n) is 18.2. The van der Waals surface area contributed by atoms with E-state index in [4.69, 9.17) is 4.99 Å². The van der Waals surface area contributed by atoms with Crippen LogP contribution in [0, 0.1) is 20.8 Å². The molecule has 0 saturated heterocycles. The number of fused-ring (bicyclic) bond motifs is 4. The van der Waals surface area contributed by atoms with Gasteiger partial charge in [-0.15, -0.1) is 0 Å². The minimum atomic E-state index is 0.678. The van der Waals surface area contributed by atoms with Crippen molar-refractivity contribution in [2.24, 2.45) is 4.99 Å². The fourth-order valence-electron chi connectivity index (χ4n) is 4.44. The summed E-state index contributed by atoms with van der Waals surface area (Å²) in [4.78, 5) is 18.5. The molecule has 0 amide bonds. The van der Waals surface area contributed by atoms with Crippen LogP contribution in [0.15, 0.2) is 72.2 Å². The fraction of sp³-hybridized carbons (Fsp3) is 0.154. The van der Waals surface area contributed by atoms with Gasteiger partial charge in [-0.2, -0.15) is 0 Å². The standard InChI is InChI=1S/C26H22N6/c1-16-12-22-25(13-17(16)2)31-11-10-28-26(31)14-21(30-22)19-4-6-20(7-5-19)32-18(3)29-23-15-27-9-8-24(23)32/h4-13,15H,14H2,1-3H3. The van der Waals surface area contributed by atoms with Crippen molar-refractivity contribution in [2.75, 3.05) is 0 Å². The summed E-state index contributed by atoms with van der Waals surface area (Å²) in [5.41, 5.74) is 9.69. The Balaban J connectivity index is 1.45. The maximum Gasteiger partial charge on any atom is 0.119 e. The van der Waals surface area contributed by atoms with Gasteiger partial charge in [-0.25, -0.2) is 9.97 Å². The molecule has 0 N–H and O–H groups in total. The molecule has 0 aliphatic carbocycles. The highest BCUT2D eigenvalue weighted by molar-refractivity contribution is 6.04. The number of aromatic nitrogens is 5. The summed E-state index contributed by atoms with van der Waals surface area (Å²) in [5.74, 6) is 1.94. The number of imidazole rings is 2. The lowest BCUT2D eigenvalue weighted by atomic mass is 10.1. The number of rotatable bonds is 2. The minimum Gasteiger partial charge on any atom is -0.301 e. The van der Waals surface area contributed by atoms with Crippen LogP contribution in [0.25, 0.3) is 22.4 Å². The molecule has 0 unspecified atom stereocenters. The maximum absolute atomic E-state index is 5.09. The SMILES string of the molecule is Cc1cc2c(cc1C)-n1ccnc1CC(c1ccc(-n3c(C)nc4cnccc43)cc1)=N2. The molecule has 1 aliphatic rings. The lowest BCUT2D eigenvalue weighted by Crippen LogP contribution is -2.08. The zero-order valence-corrected chi connectivity index (χ0v) is 18.2. The first-order valence-corrected chi connectivity index (χ1v) is 10.7. The first-order valence-electron chi connectivity index (χ1n) is 10.7. The molecule has 3 aromatic heterocycles. The molecule has 0 bridgehead atoms. The summed E-state index contributed by atoms with van der Waals surface area (Å²) in [6.07, 6.45) is 8.17. The number of hydrogen-bond acceptors (Lipinski definition) is 4. The van der Waals surface area contributed by atoms with Crippen molar-refractivity contribution < 1.29 is 0 Å². The zero-order chi connectivity index (χ0) is 21.8. The first kappa shape index (κ1) is 18.7. The van der Waals surface area contributed by atoms with Crippen molar-refractivity contribution in [1.29, 1.82) is 0 Å². The normalized spacial score (nSPS) is 12.9. The summed E-state index contributed by atoms with van der Waals surface area (Å²) in [5, 5.41) is 0. The highest BCUT2D eigenvalue weighted by atomic mass is 15.1. The van der Waals surface area contributed by atoms with Gasteiger partial charge in [0.05, 0.1) is 28.8 Å². The molecule has 4 heterocycles. The number of pyridine rings is 1. The van der Waals surface area contributed by atoms with Gasteiger partial charge >= 0.3 is 0 Å². The summed E-state index contributed by atoms with van der Waals surface area (Å²) in [7, 11) is 0. The molecule has 0 saturated carbocycles. The second-order valence-corrected chi connectivity index (χ2v) is 8.28. The molecule has 0 atom stereocenters. The van der Waals surface area contributed by atoms with Crippen LogP contribution in [0.5, 0.6) is 0 Å². The van der Waals surface area contributed by atoms with Crippen molar-refractivity contribution in [3.63, 3.8) is 0 Å². The third-order valence-corrected chi connectivity index (χ3v) is 6.23. The monoisotopic (exact) mass is 418 g/mol. The highest BCUT2D eigenvalue weighted by Crippen LogP contribution is 2.32. The largest absolute Gasteiger partial charge is 0.301 e. The molecule has 6 rings (SSSR count). The Morgan fingerprint density at radius 1 is 0.906 bits per heavy atom. The molecule has 0 radical (unpaired) electrons. The molecule has 32 heavy (non-hydrogen) atoms. The maximum atomic E-state index is 5.09. The third-order valence-electron chi connectivity index (χ3n) is 6.23. The summed E-state index contributed by atoms with van der Waals surface area (Å²) in [6, 6.07) is 14.9. The molecule has 6 heteroatoms. The number of aliphatic imine (C=N–C) groups is 1. The van der Waals surface area contributed by atoms with E-state index in [1.807, 2.05) is 25.4 Å². The molecule has 0 spiro atoms.